The van der Waals surface area contributed by atoms with Gasteiger partial charge in [0.2, 0.25) is 0 Å². The minimum atomic E-state index is -0.306. The Morgan fingerprint density at radius 2 is 1.92 bits per heavy atom. The molecule has 0 fully saturated rings. The summed E-state index contributed by atoms with van der Waals surface area (Å²) >= 11 is 4.76. The van der Waals surface area contributed by atoms with Crippen molar-refractivity contribution in [2.24, 2.45) is 0 Å². The van der Waals surface area contributed by atoms with Gasteiger partial charge in [0.05, 0.1) is 15.8 Å². The topological polar surface area (TPSA) is 36.4 Å². The Morgan fingerprint density at radius 3 is 2.62 bits per heavy atom. The number of anilines is 1. The fourth-order valence-electron chi connectivity index (χ4n) is 2.37. The lowest BCUT2D eigenvalue weighted by atomic mass is 10.2. The van der Waals surface area contributed by atoms with Gasteiger partial charge in [-0.05, 0) is 60.4 Å². The van der Waals surface area contributed by atoms with Crippen LogP contribution in [0.15, 0.2) is 46.9 Å². The SMILES string of the molecule is CN(C)CCN(C(=O)c1ccccc1Br)c1nc2ccc(F)cc2s1.Cl. The van der Waals surface area contributed by atoms with Crippen molar-refractivity contribution in [2.75, 3.05) is 32.1 Å². The molecule has 0 spiro atoms. The molecule has 0 atom stereocenters. The Hall–Kier alpha value is -1.54. The van der Waals surface area contributed by atoms with Crippen LogP contribution in [0.25, 0.3) is 10.2 Å². The van der Waals surface area contributed by atoms with E-state index in [1.54, 1.807) is 17.0 Å². The van der Waals surface area contributed by atoms with Gasteiger partial charge in [-0.3, -0.25) is 9.69 Å². The third-order valence-electron chi connectivity index (χ3n) is 3.69. The maximum Gasteiger partial charge on any atom is 0.261 e. The standard InChI is InChI=1S/C18H17BrFN3OS.ClH/c1-22(2)9-10-23(17(24)13-5-3-4-6-14(13)19)18-21-15-8-7-12(20)11-16(15)25-18;/h3-8,11H,9-10H2,1-2H3;1H. The summed E-state index contributed by atoms with van der Waals surface area (Å²) in [6, 6.07) is 11.8. The van der Waals surface area contributed by atoms with Gasteiger partial charge in [0, 0.05) is 17.6 Å². The summed E-state index contributed by atoms with van der Waals surface area (Å²) in [6.07, 6.45) is 0. The first-order chi connectivity index (χ1) is 12.0. The number of hydrogen-bond donors (Lipinski definition) is 0. The van der Waals surface area contributed by atoms with Crippen LogP contribution in [0.5, 0.6) is 0 Å². The van der Waals surface area contributed by atoms with E-state index in [-0.39, 0.29) is 24.1 Å². The molecule has 26 heavy (non-hydrogen) atoms. The second-order valence-corrected chi connectivity index (χ2v) is 7.71. The highest BCUT2D eigenvalue weighted by atomic mass is 79.9. The fraction of sp³-hybridized carbons (Fsp3) is 0.222. The highest BCUT2D eigenvalue weighted by Crippen LogP contribution is 2.31. The largest absolute Gasteiger partial charge is 0.308 e. The van der Waals surface area contributed by atoms with Crippen LogP contribution >= 0.6 is 39.7 Å². The van der Waals surface area contributed by atoms with Crippen molar-refractivity contribution in [1.82, 2.24) is 9.88 Å². The average molecular weight is 459 g/mol. The number of benzene rings is 2. The normalized spacial score (nSPS) is 10.8. The van der Waals surface area contributed by atoms with Gasteiger partial charge in [0.25, 0.3) is 5.91 Å². The number of rotatable bonds is 5. The molecule has 1 aromatic heterocycles. The van der Waals surface area contributed by atoms with Crippen LogP contribution in [0.3, 0.4) is 0 Å². The number of nitrogens with zero attached hydrogens (tertiary/aromatic N) is 3. The van der Waals surface area contributed by atoms with E-state index in [4.69, 9.17) is 0 Å². The Kier molecular flexibility index (Phi) is 7.11. The molecule has 4 nitrogen and oxygen atoms in total. The van der Waals surface area contributed by atoms with Gasteiger partial charge in [-0.1, -0.05) is 23.5 Å². The first kappa shape index (κ1) is 20.8. The number of carbonyl (C=O) groups is 1. The van der Waals surface area contributed by atoms with Gasteiger partial charge < -0.3 is 4.90 Å². The third-order valence-corrected chi connectivity index (χ3v) is 5.42. The van der Waals surface area contributed by atoms with Crippen molar-refractivity contribution in [3.8, 4) is 0 Å². The monoisotopic (exact) mass is 457 g/mol. The maximum absolute atomic E-state index is 13.5. The first-order valence-corrected chi connectivity index (χ1v) is 9.34. The summed E-state index contributed by atoms with van der Waals surface area (Å²) < 4.78 is 14.9. The molecule has 0 N–H and O–H groups in total. The van der Waals surface area contributed by atoms with Crippen molar-refractivity contribution in [2.45, 2.75) is 0 Å². The third kappa shape index (κ3) is 4.59. The molecule has 0 saturated heterocycles. The zero-order valence-electron chi connectivity index (χ0n) is 14.3. The number of carbonyl (C=O) groups excluding carboxylic acids is 1. The number of likely N-dealkylation sites (N-methyl/N-ethyl adjacent to an activating group) is 1. The van der Waals surface area contributed by atoms with E-state index in [2.05, 4.69) is 20.9 Å². The van der Waals surface area contributed by atoms with Gasteiger partial charge in [-0.2, -0.15) is 0 Å². The second-order valence-electron chi connectivity index (χ2n) is 5.85. The predicted octanol–water partition coefficient (Wildman–Crippen LogP) is 4.83. The average Bonchev–Trinajstić information content (AvgIpc) is 2.97. The zero-order valence-corrected chi connectivity index (χ0v) is 17.5. The molecular weight excluding hydrogens is 441 g/mol. The molecule has 0 aliphatic carbocycles. The Labute approximate surface area is 170 Å². The van der Waals surface area contributed by atoms with Crippen LogP contribution in [-0.4, -0.2) is 43.0 Å². The van der Waals surface area contributed by atoms with Crippen molar-refractivity contribution in [3.63, 3.8) is 0 Å². The molecule has 2 aromatic carbocycles. The molecule has 0 unspecified atom stereocenters. The maximum atomic E-state index is 13.5. The van der Waals surface area contributed by atoms with Crippen LogP contribution in [0, 0.1) is 5.82 Å². The first-order valence-electron chi connectivity index (χ1n) is 7.73. The molecule has 138 valence electrons. The summed E-state index contributed by atoms with van der Waals surface area (Å²) in [6.45, 7) is 1.19. The number of hydrogen-bond acceptors (Lipinski definition) is 4. The lowest BCUT2D eigenvalue weighted by molar-refractivity contribution is 0.0984. The van der Waals surface area contributed by atoms with E-state index in [1.165, 1.54) is 23.5 Å². The molecule has 0 radical (unpaired) electrons. The van der Waals surface area contributed by atoms with Gasteiger partial charge in [0.15, 0.2) is 5.13 Å². The number of fused-ring (bicyclic) bond motifs is 1. The van der Waals surface area contributed by atoms with Crippen LogP contribution in [0.2, 0.25) is 0 Å². The number of thiazole rings is 1. The predicted molar refractivity (Wildman–Crippen MR) is 111 cm³/mol. The summed E-state index contributed by atoms with van der Waals surface area (Å²) in [5, 5.41) is 0.572. The van der Waals surface area contributed by atoms with Crippen molar-refractivity contribution < 1.29 is 9.18 Å². The Balaban J connectivity index is 0.00000243. The molecule has 0 saturated carbocycles. The highest BCUT2D eigenvalue weighted by molar-refractivity contribution is 9.10. The van der Waals surface area contributed by atoms with Gasteiger partial charge in [-0.25, -0.2) is 9.37 Å². The lowest BCUT2D eigenvalue weighted by Crippen LogP contribution is -2.36. The molecule has 8 heteroatoms. The highest BCUT2D eigenvalue weighted by Gasteiger charge is 2.23. The summed E-state index contributed by atoms with van der Waals surface area (Å²) in [4.78, 5) is 21.3. The molecule has 0 bridgehead atoms. The van der Waals surface area contributed by atoms with E-state index >= 15 is 0 Å². The molecule has 3 rings (SSSR count). The zero-order chi connectivity index (χ0) is 18.0. The molecule has 0 aliphatic heterocycles. The van der Waals surface area contributed by atoms with Crippen LogP contribution in [0.1, 0.15) is 10.4 Å². The van der Waals surface area contributed by atoms with Crippen LogP contribution in [-0.2, 0) is 0 Å². The summed E-state index contributed by atoms with van der Waals surface area (Å²) in [5.74, 6) is -0.437. The number of aromatic nitrogens is 1. The second kappa shape index (κ2) is 8.90. The minimum absolute atomic E-state index is 0. The fourth-order valence-corrected chi connectivity index (χ4v) is 3.84. The molecular formula is C18H18BrClFN3OS. The summed E-state index contributed by atoms with van der Waals surface area (Å²) in [5.41, 5.74) is 1.27. The van der Waals surface area contributed by atoms with E-state index in [0.717, 1.165) is 9.17 Å². The number of halogens is 3. The smallest absolute Gasteiger partial charge is 0.261 e. The number of amides is 1. The summed E-state index contributed by atoms with van der Waals surface area (Å²) in [7, 11) is 3.91. The Bertz CT molecular complexity index is 918. The molecule has 0 aliphatic rings. The molecule has 3 aromatic rings. The molecule has 1 amide bonds. The van der Waals surface area contributed by atoms with Crippen LogP contribution < -0.4 is 4.90 Å². The lowest BCUT2D eigenvalue weighted by Gasteiger charge is -2.22. The van der Waals surface area contributed by atoms with Gasteiger partial charge in [0.1, 0.15) is 5.82 Å². The van der Waals surface area contributed by atoms with E-state index in [1.807, 2.05) is 37.2 Å². The minimum Gasteiger partial charge on any atom is -0.308 e. The Morgan fingerprint density at radius 1 is 1.19 bits per heavy atom. The van der Waals surface area contributed by atoms with Crippen molar-refractivity contribution in [1.29, 1.82) is 0 Å². The van der Waals surface area contributed by atoms with Gasteiger partial charge >= 0.3 is 0 Å². The molecule has 1 heterocycles. The van der Waals surface area contributed by atoms with E-state index in [9.17, 15) is 9.18 Å². The quantitative estimate of drug-likeness (QED) is 0.549. The van der Waals surface area contributed by atoms with E-state index in [0.29, 0.717) is 29.3 Å². The van der Waals surface area contributed by atoms with Crippen molar-refractivity contribution in [3.05, 3.63) is 58.3 Å². The van der Waals surface area contributed by atoms with Gasteiger partial charge in [-0.15, -0.1) is 12.4 Å². The van der Waals surface area contributed by atoms with Crippen LogP contribution in [0.4, 0.5) is 9.52 Å². The van der Waals surface area contributed by atoms with E-state index < -0.39 is 0 Å². The van der Waals surface area contributed by atoms with Crippen molar-refractivity contribution >= 4 is 60.9 Å².